The second kappa shape index (κ2) is 10.2. The average molecular weight is 461 g/mol. The Morgan fingerprint density at radius 2 is 1.82 bits per heavy atom. The second-order valence-electron chi connectivity index (χ2n) is 8.16. The van der Waals surface area contributed by atoms with Crippen LogP contribution in [-0.4, -0.2) is 65.3 Å². The minimum Gasteiger partial charge on any atom is -0.477 e. The fourth-order valence-electron chi connectivity index (χ4n) is 3.89. The molecule has 1 saturated heterocycles. The van der Waals surface area contributed by atoms with Crippen LogP contribution in [0.3, 0.4) is 0 Å². The molecule has 1 aliphatic carbocycles. The number of rotatable bonds is 9. The Labute approximate surface area is 189 Å². The first-order chi connectivity index (χ1) is 15.9. The van der Waals surface area contributed by atoms with Crippen LogP contribution >= 0.6 is 0 Å². The molecule has 2 fully saturated rings. The predicted molar refractivity (Wildman–Crippen MR) is 114 cm³/mol. The molecule has 1 aromatic carbocycles. The van der Waals surface area contributed by atoms with Gasteiger partial charge in [0.2, 0.25) is 0 Å². The summed E-state index contributed by atoms with van der Waals surface area (Å²) >= 11 is 0. The molecule has 0 radical (unpaired) electrons. The molecule has 1 aromatic heterocycles. The van der Waals surface area contributed by atoms with E-state index in [0.717, 1.165) is 12.8 Å². The second-order valence-corrected chi connectivity index (χ2v) is 8.16. The van der Waals surface area contributed by atoms with Crippen molar-refractivity contribution in [3.05, 3.63) is 59.9 Å². The van der Waals surface area contributed by atoms with Gasteiger partial charge >= 0.3 is 12.6 Å². The van der Waals surface area contributed by atoms with Gasteiger partial charge in [-0.05, 0) is 49.4 Å². The number of benzene rings is 1. The number of hydroxylamine groups is 1. The van der Waals surface area contributed by atoms with Crippen LogP contribution in [-0.2, 0) is 9.57 Å². The number of likely N-dealkylation sites (tertiary alicyclic amines) is 1. The Morgan fingerprint density at radius 1 is 1.09 bits per heavy atom. The monoisotopic (exact) mass is 461 g/mol. The lowest BCUT2D eigenvalue weighted by Gasteiger charge is -2.43. The summed E-state index contributed by atoms with van der Waals surface area (Å²) in [6.07, 6.45) is 1.86. The van der Waals surface area contributed by atoms with Gasteiger partial charge in [-0.1, -0.05) is 24.3 Å². The first-order valence-corrected chi connectivity index (χ1v) is 10.8. The normalized spacial score (nSPS) is 20.6. The van der Waals surface area contributed by atoms with E-state index in [-0.39, 0.29) is 24.5 Å². The number of alkyl halides is 2. The number of carboxylic acids is 1. The summed E-state index contributed by atoms with van der Waals surface area (Å²) in [5.74, 6) is -1.22. The molecular formula is C23H25F2N3O5. The van der Waals surface area contributed by atoms with Crippen molar-refractivity contribution in [3.63, 3.8) is 0 Å². The molecule has 1 amide bonds. The third-order valence-corrected chi connectivity index (χ3v) is 5.75. The van der Waals surface area contributed by atoms with E-state index in [2.05, 4.69) is 4.98 Å². The number of hydrogen-bond donors (Lipinski definition) is 1. The van der Waals surface area contributed by atoms with Crippen molar-refractivity contribution in [1.29, 1.82) is 0 Å². The van der Waals surface area contributed by atoms with Crippen LogP contribution in [0.4, 0.5) is 14.5 Å². The first kappa shape index (κ1) is 23.1. The first-order valence-electron chi connectivity index (χ1n) is 10.8. The van der Waals surface area contributed by atoms with Crippen LogP contribution in [0.5, 0.6) is 0 Å². The molecule has 0 spiro atoms. The number of hydrogen-bond acceptors (Lipinski definition) is 6. The molecule has 2 heterocycles. The summed E-state index contributed by atoms with van der Waals surface area (Å²) in [7, 11) is 0. The van der Waals surface area contributed by atoms with Gasteiger partial charge < -0.3 is 14.7 Å². The van der Waals surface area contributed by atoms with Gasteiger partial charge in [0.15, 0.2) is 0 Å². The Bertz CT molecular complexity index is 974. The molecule has 1 N–H and O–H groups in total. The highest BCUT2D eigenvalue weighted by Crippen LogP contribution is 2.32. The quantitative estimate of drug-likeness (QED) is 0.572. The average Bonchev–Trinajstić information content (AvgIpc) is 3.66. The van der Waals surface area contributed by atoms with Crippen LogP contribution in [0, 0.1) is 5.92 Å². The van der Waals surface area contributed by atoms with Gasteiger partial charge in [-0.3, -0.25) is 4.79 Å². The Hall–Kier alpha value is -3.11. The zero-order valence-corrected chi connectivity index (χ0v) is 17.8. The summed E-state index contributed by atoms with van der Waals surface area (Å²) in [6.45, 7) is -2.14. The van der Waals surface area contributed by atoms with Crippen molar-refractivity contribution in [1.82, 2.24) is 9.88 Å². The lowest BCUT2D eigenvalue weighted by molar-refractivity contribution is -0.159. The van der Waals surface area contributed by atoms with Crippen molar-refractivity contribution >= 4 is 17.6 Å². The number of aromatic nitrogens is 1. The Morgan fingerprint density at radius 3 is 2.48 bits per heavy atom. The molecule has 2 atom stereocenters. The van der Waals surface area contributed by atoms with E-state index < -0.39 is 30.6 Å². The summed E-state index contributed by atoms with van der Waals surface area (Å²) in [5, 5.41) is 10.3. The fourth-order valence-corrected chi connectivity index (χ4v) is 3.89. The van der Waals surface area contributed by atoms with Crippen LogP contribution < -0.4 is 5.06 Å². The number of pyridine rings is 1. The van der Waals surface area contributed by atoms with Crippen molar-refractivity contribution in [2.24, 2.45) is 5.92 Å². The zero-order valence-electron chi connectivity index (χ0n) is 17.8. The topological polar surface area (TPSA) is 92.2 Å². The maximum atomic E-state index is 13.3. The minimum absolute atomic E-state index is 0.0121. The largest absolute Gasteiger partial charge is 0.477 e. The summed E-state index contributed by atoms with van der Waals surface area (Å²) in [4.78, 5) is 34.6. The molecule has 1 aliphatic heterocycles. The Balaban J connectivity index is 1.55. The van der Waals surface area contributed by atoms with E-state index in [1.165, 1.54) is 28.2 Å². The smallest absolute Gasteiger partial charge is 0.364 e. The van der Waals surface area contributed by atoms with E-state index in [1.54, 1.807) is 30.3 Å². The third-order valence-electron chi connectivity index (χ3n) is 5.75. The van der Waals surface area contributed by atoms with E-state index in [9.17, 15) is 18.4 Å². The number of para-hydroxylation sites is 1. The number of halogens is 2. The van der Waals surface area contributed by atoms with Crippen LogP contribution in [0.2, 0.25) is 0 Å². The summed E-state index contributed by atoms with van der Waals surface area (Å²) in [5.41, 5.74) is 0.259. The number of nitrogens with zero attached hydrogens (tertiary/aromatic N) is 3. The van der Waals surface area contributed by atoms with Crippen LogP contribution in [0.15, 0.2) is 48.5 Å². The highest BCUT2D eigenvalue weighted by atomic mass is 19.3. The number of amides is 1. The van der Waals surface area contributed by atoms with Crippen molar-refractivity contribution in [2.75, 3.05) is 24.8 Å². The van der Waals surface area contributed by atoms with E-state index in [4.69, 9.17) is 14.7 Å². The van der Waals surface area contributed by atoms with Crippen molar-refractivity contribution in [3.8, 4) is 0 Å². The molecule has 2 aromatic rings. The number of carbonyl (C=O) groups is 2. The molecule has 176 valence electrons. The zero-order chi connectivity index (χ0) is 23.4. The van der Waals surface area contributed by atoms with Gasteiger partial charge in [0.25, 0.3) is 5.91 Å². The SMILES string of the molecule is O=C(O)c1cccc(C(=O)N2CCC(N(OC(F)F)c3ccccc3)C(OCC3CC3)C2)n1. The molecule has 8 nitrogen and oxygen atoms in total. The van der Waals surface area contributed by atoms with E-state index in [1.807, 2.05) is 0 Å². The number of piperidine rings is 1. The molecule has 0 bridgehead atoms. The summed E-state index contributed by atoms with van der Waals surface area (Å²) < 4.78 is 32.7. The number of carboxylic acid groups (broad SMARTS) is 1. The van der Waals surface area contributed by atoms with Gasteiger partial charge in [-0.15, -0.1) is 0 Å². The maximum absolute atomic E-state index is 13.3. The maximum Gasteiger partial charge on any atom is 0.364 e. The number of carbonyl (C=O) groups excluding carboxylic acids is 1. The lowest BCUT2D eigenvalue weighted by Crippen LogP contribution is -2.57. The fraction of sp³-hybridized carbons (Fsp3) is 0.435. The van der Waals surface area contributed by atoms with Crippen LogP contribution in [0.1, 0.15) is 40.2 Å². The molecule has 4 rings (SSSR count). The van der Waals surface area contributed by atoms with Crippen molar-refractivity contribution < 1.29 is 33.1 Å². The molecule has 33 heavy (non-hydrogen) atoms. The number of ether oxygens (including phenoxy) is 1. The highest BCUT2D eigenvalue weighted by Gasteiger charge is 2.39. The lowest BCUT2D eigenvalue weighted by atomic mass is 10.00. The minimum atomic E-state index is -3.02. The number of aromatic carboxylic acids is 1. The van der Waals surface area contributed by atoms with Gasteiger partial charge in [0.1, 0.15) is 11.4 Å². The third kappa shape index (κ3) is 5.82. The van der Waals surface area contributed by atoms with Gasteiger partial charge in [-0.2, -0.15) is 8.78 Å². The highest BCUT2D eigenvalue weighted by molar-refractivity contribution is 5.94. The van der Waals surface area contributed by atoms with Crippen molar-refractivity contribution in [2.45, 2.75) is 38.0 Å². The van der Waals surface area contributed by atoms with E-state index >= 15 is 0 Å². The van der Waals surface area contributed by atoms with Crippen LogP contribution in [0.25, 0.3) is 0 Å². The standard InChI is InChI=1S/C23H25F2N3O5/c24-23(25)33-28(16-5-2-1-3-6-16)19-11-12-27(13-20(19)32-14-15-9-10-15)21(29)17-7-4-8-18(26-17)22(30)31/h1-8,15,19-20,23H,9-14H2,(H,30,31). The van der Waals surface area contributed by atoms with E-state index in [0.29, 0.717) is 24.6 Å². The Kier molecular flexibility index (Phi) is 7.14. The molecule has 10 heteroatoms. The molecule has 2 aliphatic rings. The summed E-state index contributed by atoms with van der Waals surface area (Å²) in [6, 6.07) is 12.3. The van der Waals surface area contributed by atoms with Gasteiger partial charge in [0.05, 0.1) is 17.8 Å². The predicted octanol–water partition coefficient (Wildman–Crippen LogP) is 3.45. The van der Waals surface area contributed by atoms with Gasteiger partial charge in [0, 0.05) is 19.7 Å². The molecular weight excluding hydrogens is 436 g/mol. The molecule has 1 saturated carbocycles. The number of anilines is 1. The molecule has 2 unspecified atom stereocenters. The van der Waals surface area contributed by atoms with Gasteiger partial charge in [-0.25, -0.2) is 19.7 Å².